The molecule has 6 nitrogen and oxygen atoms in total. The number of benzene rings is 2. The second-order valence-electron chi connectivity index (χ2n) is 7.32. The summed E-state index contributed by atoms with van der Waals surface area (Å²) in [5, 5.41) is 10.7. The molecule has 0 spiro atoms. The molecule has 0 aliphatic carbocycles. The van der Waals surface area contributed by atoms with Crippen LogP contribution in [0.15, 0.2) is 67.1 Å². The number of rotatable bonds is 5. The molecule has 0 saturated heterocycles. The minimum Gasteiger partial charge on any atom is -0.487 e. The first-order valence-corrected chi connectivity index (χ1v) is 9.92. The van der Waals surface area contributed by atoms with Crippen LogP contribution in [0.2, 0.25) is 0 Å². The second kappa shape index (κ2) is 8.00. The average Bonchev–Trinajstić information content (AvgIpc) is 3.21. The number of pyridine rings is 2. The zero-order valence-electron chi connectivity index (χ0n) is 17.1. The average molecular weight is 424 g/mol. The van der Waals surface area contributed by atoms with Gasteiger partial charge in [-0.15, -0.1) is 0 Å². The molecule has 7 heteroatoms. The molecule has 0 aliphatic heterocycles. The molecule has 5 rings (SSSR count). The van der Waals surface area contributed by atoms with Gasteiger partial charge in [-0.05, 0) is 55.0 Å². The molecular formula is C25H17FN4O2. The van der Waals surface area contributed by atoms with E-state index in [4.69, 9.17) is 9.47 Å². The fraction of sp³-hybridized carbons (Fsp3) is 0.0800. The van der Waals surface area contributed by atoms with Gasteiger partial charge in [0.25, 0.3) is 0 Å². The Labute approximate surface area is 182 Å². The minimum absolute atomic E-state index is 0.0977. The van der Waals surface area contributed by atoms with Gasteiger partial charge in [-0.25, -0.2) is 4.39 Å². The molecule has 2 aromatic carbocycles. The number of aryl methyl sites for hydroxylation is 1. The number of nitrogens with one attached hydrogen (secondary N) is 1. The first-order chi connectivity index (χ1) is 15.6. The molecule has 0 aliphatic rings. The number of nitrogens with zero attached hydrogens (tertiary/aromatic N) is 3. The number of hydrogen-bond donors (Lipinski definition) is 1. The molecule has 0 amide bonds. The molecule has 1 N–H and O–H groups in total. The van der Waals surface area contributed by atoms with Crippen LogP contribution in [0.3, 0.4) is 0 Å². The normalized spacial score (nSPS) is 10.9. The smallest absolute Gasteiger partial charge is 0.175 e. The monoisotopic (exact) mass is 424 g/mol. The first-order valence-electron chi connectivity index (χ1n) is 9.92. The molecule has 0 saturated carbocycles. The number of H-pyrrole nitrogens is 1. The largest absolute Gasteiger partial charge is 0.487 e. The number of aromatic amines is 1. The van der Waals surface area contributed by atoms with E-state index < -0.39 is 5.82 Å². The van der Waals surface area contributed by atoms with Gasteiger partial charge in [-0.2, -0.15) is 5.26 Å². The van der Waals surface area contributed by atoms with E-state index in [9.17, 15) is 5.26 Å². The standard InChI is InChI=1S/C25H17FN4O2/c1-15-10-19-20(30-15)2-3-23(25(19)26)32-22-6-9-29-21-12-24(17(13-27)11-18(21)22)31-14-16-4-7-28-8-5-16/h2-12,30H,14H2,1H3. The number of fused-ring (bicyclic) bond motifs is 2. The highest BCUT2D eigenvalue weighted by molar-refractivity contribution is 5.88. The number of aromatic nitrogens is 3. The molecule has 3 aromatic heterocycles. The summed E-state index contributed by atoms with van der Waals surface area (Å²) in [6, 6.07) is 15.9. The van der Waals surface area contributed by atoms with Gasteiger partial charge >= 0.3 is 0 Å². The van der Waals surface area contributed by atoms with Crippen LogP contribution < -0.4 is 9.47 Å². The fourth-order valence-electron chi connectivity index (χ4n) is 3.57. The lowest BCUT2D eigenvalue weighted by atomic mass is 10.1. The van der Waals surface area contributed by atoms with Crippen LogP contribution in [-0.4, -0.2) is 15.0 Å². The summed E-state index contributed by atoms with van der Waals surface area (Å²) >= 11 is 0. The summed E-state index contributed by atoms with van der Waals surface area (Å²) in [5.74, 6) is 0.463. The van der Waals surface area contributed by atoms with E-state index in [1.54, 1.807) is 55.0 Å². The minimum atomic E-state index is -0.449. The topological polar surface area (TPSA) is 83.8 Å². The zero-order chi connectivity index (χ0) is 22.1. The Balaban J connectivity index is 1.51. The first kappa shape index (κ1) is 19.5. The maximum atomic E-state index is 15.0. The van der Waals surface area contributed by atoms with E-state index in [1.807, 2.05) is 19.1 Å². The lowest BCUT2D eigenvalue weighted by Gasteiger charge is -2.12. The third kappa shape index (κ3) is 3.59. The molecule has 0 fully saturated rings. The second-order valence-corrected chi connectivity index (χ2v) is 7.32. The Hall–Kier alpha value is -4.44. The van der Waals surface area contributed by atoms with Crippen molar-refractivity contribution in [1.29, 1.82) is 5.26 Å². The van der Waals surface area contributed by atoms with Crippen LogP contribution in [0.25, 0.3) is 21.8 Å². The summed E-state index contributed by atoms with van der Waals surface area (Å²) in [5.41, 5.74) is 3.41. The van der Waals surface area contributed by atoms with Gasteiger partial charge in [-0.1, -0.05) is 0 Å². The highest BCUT2D eigenvalue weighted by Crippen LogP contribution is 2.36. The van der Waals surface area contributed by atoms with E-state index in [2.05, 4.69) is 21.0 Å². The molecule has 0 radical (unpaired) electrons. The van der Waals surface area contributed by atoms with E-state index in [1.165, 1.54) is 0 Å². The number of hydrogen-bond acceptors (Lipinski definition) is 5. The highest BCUT2D eigenvalue weighted by Gasteiger charge is 2.15. The van der Waals surface area contributed by atoms with Crippen LogP contribution in [0, 0.1) is 24.1 Å². The van der Waals surface area contributed by atoms with Gasteiger partial charge in [-0.3, -0.25) is 9.97 Å². The lowest BCUT2D eigenvalue weighted by Crippen LogP contribution is -1.98. The number of nitriles is 1. The van der Waals surface area contributed by atoms with Crippen molar-refractivity contribution < 1.29 is 13.9 Å². The van der Waals surface area contributed by atoms with Crippen molar-refractivity contribution in [2.45, 2.75) is 13.5 Å². The molecule has 156 valence electrons. The SMILES string of the molecule is Cc1cc2c(F)c(Oc3ccnc4cc(OCc5ccncc5)c(C#N)cc34)ccc2[nH]1. The fourth-order valence-corrected chi connectivity index (χ4v) is 3.57. The Morgan fingerprint density at radius 1 is 0.969 bits per heavy atom. The van der Waals surface area contributed by atoms with Gasteiger partial charge in [0.05, 0.1) is 11.1 Å². The summed E-state index contributed by atoms with van der Waals surface area (Å²) in [6.45, 7) is 2.16. The molecule has 32 heavy (non-hydrogen) atoms. The van der Waals surface area contributed by atoms with Crippen LogP contribution in [-0.2, 0) is 6.61 Å². The number of ether oxygens (including phenoxy) is 2. The van der Waals surface area contributed by atoms with Gasteiger partial charge in [0.1, 0.15) is 24.2 Å². The Morgan fingerprint density at radius 2 is 1.81 bits per heavy atom. The summed E-state index contributed by atoms with van der Waals surface area (Å²) in [7, 11) is 0. The lowest BCUT2D eigenvalue weighted by molar-refractivity contribution is 0.305. The number of halogens is 1. The van der Waals surface area contributed by atoms with Crippen molar-refractivity contribution in [1.82, 2.24) is 15.0 Å². The molecule has 0 atom stereocenters. The summed E-state index contributed by atoms with van der Waals surface area (Å²) < 4.78 is 26.8. The molecule has 0 unspecified atom stereocenters. The predicted octanol–water partition coefficient (Wildman–Crippen LogP) is 5.80. The van der Waals surface area contributed by atoms with Crippen molar-refractivity contribution in [2.75, 3.05) is 0 Å². The van der Waals surface area contributed by atoms with E-state index >= 15 is 4.39 Å². The van der Waals surface area contributed by atoms with Crippen LogP contribution >= 0.6 is 0 Å². The molecule has 5 aromatic rings. The Morgan fingerprint density at radius 3 is 2.62 bits per heavy atom. The molecule has 0 bridgehead atoms. The Bertz CT molecular complexity index is 1490. The van der Waals surface area contributed by atoms with Crippen LogP contribution in [0.1, 0.15) is 16.8 Å². The van der Waals surface area contributed by atoms with Crippen molar-refractivity contribution in [3.05, 3.63) is 89.8 Å². The Kier molecular flexibility index (Phi) is 4.88. The molecule has 3 heterocycles. The summed E-state index contributed by atoms with van der Waals surface area (Å²) in [6.07, 6.45) is 4.94. The third-order valence-corrected chi connectivity index (χ3v) is 5.12. The summed E-state index contributed by atoms with van der Waals surface area (Å²) in [4.78, 5) is 11.5. The van der Waals surface area contributed by atoms with Gasteiger partial charge in [0, 0.05) is 46.6 Å². The third-order valence-electron chi connectivity index (χ3n) is 5.12. The quantitative estimate of drug-likeness (QED) is 0.385. The van der Waals surface area contributed by atoms with Crippen molar-refractivity contribution in [3.63, 3.8) is 0 Å². The van der Waals surface area contributed by atoms with Crippen LogP contribution in [0.5, 0.6) is 17.2 Å². The molecular weight excluding hydrogens is 407 g/mol. The predicted molar refractivity (Wildman–Crippen MR) is 118 cm³/mol. The van der Waals surface area contributed by atoms with Crippen molar-refractivity contribution in [3.8, 4) is 23.3 Å². The highest BCUT2D eigenvalue weighted by atomic mass is 19.1. The van der Waals surface area contributed by atoms with E-state index in [-0.39, 0.29) is 5.75 Å². The van der Waals surface area contributed by atoms with E-state index in [0.717, 1.165) is 11.3 Å². The van der Waals surface area contributed by atoms with Gasteiger partial charge in [0.15, 0.2) is 11.6 Å². The van der Waals surface area contributed by atoms with Crippen molar-refractivity contribution in [2.24, 2.45) is 0 Å². The maximum absolute atomic E-state index is 15.0. The zero-order valence-corrected chi connectivity index (χ0v) is 17.1. The van der Waals surface area contributed by atoms with Crippen LogP contribution in [0.4, 0.5) is 4.39 Å². The maximum Gasteiger partial charge on any atom is 0.175 e. The van der Waals surface area contributed by atoms with Gasteiger partial charge < -0.3 is 14.5 Å². The van der Waals surface area contributed by atoms with Gasteiger partial charge in [0.2, 0.25) is 0 Å². The van der Waals surface area contributed by atoms with Crippen molar-refractivity contribution >= 4 is 21.8 Å². The van der Waals surface area contributed by atoms with E-state index in [0.29, 0.717) is 45.5 Å².